The number of hydrogen-bond acceptors (Lipinski definition) is 6. The summed E-state index contributed by atoms with van der Waals surface area (Å²) < 4.78 is 0. The van der Waals surface area contributed by atoms with Crippen LogP contribution in [0.25, 0.3) is 0 Å². The smallest absolute Gasteiger partial charge is 0.189 e. The molecule has 4 N–H and O–H groups in total. The van der Waals surface area contributed by atoms with Gasteiger partial charge < -0.3 is 16.2 Å². The molecule has 0 aliphatic heterocycles. The minimum atomic E-state index is -0.0615. The van der Waals surface area contributed by atoms with E-state index >= 15 is 0 Å². The van der Waals surface area contributed by atoms with Gasteiger partial charge in [0, 0.05) is 18.3 Å². The van der Waals surface area contributed by atoms with Crippen molar-refractivity contribution in [2.24, 2.45) is 11.7 Å². The van der Waals surface area contributed by atoms with Crippen molar-refractivity contribution in [1.29, 1.82) is 0 Å². The third-order valence-corrected chi connectivity index (χ3v) is 2.78. The molecule has 1 unspecified atom stereocenters. The second kappa shape index (κ2) is 6.67. The summed E-state index contributed by atoms with van der Waals surface area (Å²) in [5.74, 6) is 1.07. The average Bonchev–Trinajstić information content (AvgIpc) is 2.35. The molecule has 0 saturated heterocycles. The van der Waals surface area contributed by atoms with Crippen molar-refractivity contribution < 1.29 is 5.11 Å². The monoisotopic (exact) mass is 242 g/mol. The van der Waals surface area contributed by atoms with Crippen LogP contribution in [0.3, 0.4) is 0 Å². The van der Waals surface area contributed by atoms with E-state index in [0.717, 1.165) is 6.54 Å². The van der Waals surface area contributed by atoms with Gasteiger partial charge in [0.2, 0.25) is 0 Å². The summed E-state index contributed by atoms with van der Waals surface area (Å²) >= 11 is 1.47. The Bertz CT molecular complexity index is 335. The van der Waals surface area contributed by atoms with Gasteiger partial charge in [0.1, 0.15) is 5.82 Å². The maximum absolute atomic E-state index is 9.15. The van der Waals surface area contributed by atoms with Crippen LogP contribution < -0.4 is 11.1 Å². The van der Waals surface area contributed by atoms with Crippen LogP contribution in [0.15, 0.2) is 11.4 Å². The second-order valence-corrected chi connectivity index (χ2v) is 4.38. The number of aliphatic hydroxyl groups excluding tert-OH is 1. The highest BCUT2D eigenvalue weighted by Crippen LogP contribution is 2.16. The number of aromatic nitrogens is 2. The fourth-order valence-corrected chi connectivity index (χ4v) is 1.45. The first-order valence-electron chi connectivity index (χ1n) is 5.16. The van der Waals surface area contributed by atoms with E-state index in [-0.39, 0.29) is 6.61 Å². The summed E-state index contributed by atoms with van der Waals surface area (Å²) in [7, 11) is 0. The lowest BCUT2D eigenvalue weighted by Crippen LogP contribution is -2.21. The minimum Gasteiger partial charge on any atom is -0.391 e. The normalized spacial score (nSPS) is 12.5. The topological polar surface area (TPSA) is 84.1 Å². The first-order chi connectivity index (χ1) is 7.71. The van der Waals surface area contributed by atoms with Crippen molar-refractivity contribution in [3.05, 3.63) is 11.8 Å². The third kappa shape index (κ3) is 3.62. The summed E-state index contributed by atoms with van der Waals surface area (Å²) in [4.78, 5) is 8.41. The van der Waals surface area contributed by atoms with E-state index < -0.39 is 0 Å². The number of thioether (sulfide) groups is 1. The number of aliphatic hydroxyl groups is 1. The molecule has 0 radical (unpaired) electrons. The van der Waals surface area contributed by atoms with Gasteiger partial charge in [-0.05, 0) is 18.7 Å². The third-order valence-electron chi connectivity index (χ3n) is 2.22. The Morgan fingerprint density at radius 1 is 1.62 bits per heavy atom. The number of rotatable bonds is 6. The molecular weight excluding hydrogens is 224 g/mol. The fourth-order valence-electron chi connectivity index (χ4n) is 1.11. The lowest BCUT2D eigenvalue weighted by Gasteiger charge is -2.13. The van der Waals surface area contributed by atoms with Crippen molar-refractivity contribution >= 4 is 17.6 Å². The highest BCUT2D eigenvalue weighted by Gasteiger charge is 2.07. The molecule has 16 heavy (non-hydrogen) atoms. The Morgan fingerprint density at radius 2 is 2.38 bits per heavy atom. The Hall–Kier alpha value is -0.850. The first-order valence-corrected chi connectivity index (χ1v) is 6.38. The Morgan fingerprint density at radius 3 is 2.94 bits per heavy atom. The molecule has 0 spiro atoms. The van der Waals surface area contributed by atoms with E-state index in [1.165, 1.54) is 11.8 Å². The molecule has 0 fully saturated rings. The van der Waals surface area contributed by atoms with E-state index in [0.29, 0.717) is 29.0 Å². The van der Waals surface area contributed by atoms with Crippen molar-refractivity contribution in [3.63, 3.8) is 0 Å². The molecule has 0 aliphatic rings. The second-order valence-electron chi connectivity index (χ2n) is 3.61. The molecule has 1 aromatic heterocycles. The van der Waals surface area contributed by atoms with Crippen molar-refractivity contribution in [2.75, 3.05) is 24.7 Å². The predicted molar refractivity (Wildman–Crippen MR) is 66.4 cm³/mol. The van der Waals surface area contributed by atoms with Gasteiger partial charge in [-0.1, -0.05) is 18.7 Å². The summed E-state index contributed by atoms with van der Waals surface area (Å²) in [5, 5.41) is 13.0. The zero-order chi connectivity index (χ0) is 12.0. The molecule has 5 nitrogen and oxygen atoms in total. The van der Waals surface area contributed by atoms with Gasteiger partial charge in [-0.25, -0.2) is 9.97 Å². The van der Waals surface area contributed by atoms with E-state index in [1.807, 2.05) is 6.26 Å². The van der Waals surface area contributed by atoms with Crippen LogP contribution in [0.5, 0.6) is 0 Å². The van der Waals surface area contributed by atoms with Crippen LogP contribution in [-0.2, 0) is 6.61 Å². The SMILES string of the molecule is CSc1ncc(CO)c(NCC(C)CN)n1. The van der Waals surface area contributed by atoms with Crippen molar-refractivity contribution in [1.82, 2.24) is 9.97 Å². The summed E-state index contributed by atoms with van der Waals surface area (Å²) in [6.07, 6.45) is 3.56. The number of hydrogen-bond donors (Lipinski definition) is 3. The van der Waals surface area contributed by atoms with E-state index in [9.17, 15) is 0 Å². The van der Waals surface area contributed by atoms with Crippen LogP contribution >= 0.6 is 11.8 Å². The van der Waals surface area contributed by atoms with Gasteiger partial charge >= 0.3 is 0 Å². The number of anilines is 1. The van der Waals surface area contributed by atoms with Gasteiger partial charge in [-0.15, -0.1) is 0 Å². The van der Waals surface area contributed by atoms with Crippen LogP contribution in [0, 0.1) is 5.92 Å². The minimum absolute atomic E-state index is 0.0615. The van der Waals surface area contributed by atoms with E-state index in [2.05, 4.69) is 22.2 Å². The van der Waals surface area contributed by atoms with Crippen LogP contribution in [-0.4, -0.2) is 34.4 Å². The Balaban J connectivity index is 2.75. The lowest BCUT2D eigenvalue weighted by atomic mass is 10.2. The summed E-state index contributed by atoms with van der Waals surface area (Å²) in [5.41, 5.74) is 6.25. The lowest BCUT2D eigenvalue weighted by molar-refractivity contribution is 0.281. The Labute approximate surface area is 99.9 Å². The van der Waals surface area contributed by atoms with Gasteiger partial charge in [-0.2, -0.15) is 0 Å². The zero-order valence-electron chi connectivity index (χ0n) is 9.60. The van der Waals surface area contributed by atoms with Gasteiger partial charge in [-0.3, -0.25) is 0 Å². The maximum atomic E-state index is 9.15. The molecule has 0 aliphatic carbocycles. The van der Waals surface area contributed by atoms with E-state index in [4.69, 9.17) is 10.8 Å². The standard InChI is InChI=1S/C10H18N4OS/c1-7(3-11)4-12-9-8(6-15)5-13-10(14-9)16-2/h5,7,15H,3-4,6,11H2,1-2H3,(H,12,13,14). The largest absolute Gasteiger partial charge is 0.391 e. The van der Waals surface area contributed by atoms with Crippen LogP contribution in [0.4, 0.5) is 5.82 Å². The molecule has 0 amide bonds. The van der Waals surface area contributed by atoms with Gasteiger partial charge in [0.15, 0.2) is 5.16 Å². The van der Waals surface area contributed by atoms with Crippen molar-refractivity contribution in [3.8, 4) is 0 Å². The maximum Gasteiger partial charge on any atom is 0.189 e. The number of nitrogens with zero attached hydrogens (tertiary/aromatic N) is 2. The highest BCUT2D eigenvalue weighted by molar-refractivity contribution is 7.98. The number of nitrogens with two attached hydrogens (primary N) is 1. The Kier molecular flexibility index (Phi) is 5.51. The highest BCUT2D eigenvalue weighted by atomic mass is 32.2. The molecule has 0 bridgehead atoms. The molecular formula is C10H18N4OS. The van der Waals surface area contributed by atoms with Crippen LogP contribution in [0.1, 0.15) is 12.5 Å². The molecule has 1 rings (SSSR count). The quantitative estimate of drug-likeness (QED) is 0.503. The van der Waals surface area contributed by atoms with Crippen molar-refractivity contribution in [2.45, 2.75) is 18.7 Å². The molecule has 1 atom stereocenters. The average molecular weight is 242 g/mol. The predicted octanol–water partition coefficient (Wildman–Crippen LogP) is 0.697. The van der Waals surface area contributed by atoms with Gasteiger partial charge in [0.05, 0.1) is 6.61 Å². The molecule has 6 heteroatoms. The fraction of sp³-hybridized carbons (Fsp3) is 0.600. The zero-order valence-corrected chi connectivity index (χ0v) is 10.4. The van der Waals surface area contributed by atoms with Gasteiger partial charge in [0.25, 0.3) is 0 Å². The molecule has 90 valence electrons. The van der Waals surface area contributed by atoms with Crippen LogP contribution in [0.2, 0.25) is 0 Å². The first kappa shape index (κ1) is 13.2. The number of nitrogens with one attached hydrogen (secondary N) is 1. The molecule has 0 saturated carbocycles. The van der Waals surface area contributed by atoms with E-state index in [1.54, 1.807) is 6.20 Å². The summed E-state index contributed by atoms with van der Waals surface area (Å²) in [6, 6.07) is 0. The molecule has 1 heterocycles. The summed E-state index contributed by atoms with van der Waals surface area (Å²) in [6.45, 7) is 3.37. The molecule has 1 aromatic rings. The molecule has 0 aromatic carbocycles.